The van der Waals surface area contributed by atoms with Crippen molar-refractivity contribution < 1.29 is 22.0 Å². The molecule has 2 aromatic rings. The van der Waals surface area contributed by atoms with Gasteiger partial charge in [0.15, 0.2) is 9.84 Å². The van der Waals surface area contributed by atoms with Gasteiger partial charge in [0, 0.05) is 11.1 Å². The molecule has 7 heteroatoms. The molecule has 24 heavy (non-hydrogen) atoms. The summed E-state index contributed by atoms with van der Waals surface area (Å²) in [6, 6.07) is 10.5. The van der Waals surface area contributed by atoms with Crippen molar-refractivity contribution in [1.82, 2.24) is 0 Å². The Morgan fingerprint density at radius 1 is 1.00 bits per heavy atom. The van der Waals surface area contributed by atoms with Crippen LogP contribution in [0.1, 0.15) is 10.4 Å². The minimum Gasteiger partial charge on any atom is -0.300 e. The van der Waals surface area contributed by atoms with Crippen molar-refractivity contribution in [2.24, 2.45) is 0 Å². The van der Waals surface area contributed by atoms with E-state index in [-0.39, 0.29) is 5.75 Å². The molecule has 3 rings (SSSR count). The molecule has 0 saturated heterocycles. The first-order chi connectivity index (χ1) is 11.4. The summed E-state index contributed by atoms with van der Waals surface area (Å²) in [6.07, 6.45) is 1.35. The Hall–Kier alpha value is -2.54. The summed E-state index contributed by atoms with van der Waals surface area (Å²) >= 11 is 0. The molecule has 4 nitrogen and oxygen atoms in total. The smallest absolute Gasteiger partial charge is 0.264 e. The van der Waals surface area contributed by atoms with Crippen LogP contribution >= 0.6 is 0 Å². The van der Waals surface area contributed by atoms with E-state index in [2.05, 4.69) is 0 Å². The summed E-state index contributed by atoms with van der Waals surface area (Å²) in [5, 5.41) is 1.01. The third kappa shape index (κ3) is 3.07. The van der Waals surface area contributed by atoms with Gasteiger partial charge in [-0.1, -0.05) is 24.3 Å². The molecule has 0 saturated carbocycles. The fourth-order valence-electron chi connectivity index (χ4n) is 2.59. The minimum absolute atomic E-state index is 0.330. The second kappa shape index (κ2) is 6.16. The Bertz CT molecular complexity index is 890. The van der Waals surface area contributed by atoms with Crippen LogP contribution in [0.4, 0.5) is 14.5 Å². The number of carbonyl (C=O) groups is 1. The van der Waals surface area contributed by atoms with E-state index in [0.717, 1.165) is 28.5 Å². The van der Waals surface area contributed by atoms with Crippen LogP contribution in [0.2, 0.25) is 0 Å². The van der Waals surface area contributed by atoms with E-state index < -0.39 is 39.0 Å². The normalized spacial score (nSPS) is 18.5. The number of hydrogen-bond donors (Lipinski definition) is 0. The molecule has 0 radical (unpaired) electrons. The van der Waals surface area contributed by atoms with Crippen molar-refractivity contribution in [2.75, 3.05) is 10.7 Å². The van der Waals surface area contributed by atoms with Crippen LogP contribution in [0.5, 0.6) is 0 Å². The Morgan fingerprint density at radius 3 is 2.17 bits per heavy atom. The highest BCUT2D eigenvalue weighted by Crippen LogP contribution is 2.26. The summed E-state index contributed by atoms with van der Waals surface area (Å²) in [5.41, 5.74) is -0.351. The molecule has 1 aliphatic rings. The Labute approximate surface area is 137 Å². The summed E-state index contributed by atoms with van der Waals surface area (Å²) in [5.74, 6) is -3.25. The highest BCUT2D eigenvalue weighted by atomic mass is 32.2. The first-order valence-corrected chi connectivity index (χ1v) is 8.84. The third-order valence-corrected chi connectivity index (χ3v) is 5.05. The van der Waals surface area contributed by atoms with E-state index in [1.165, 1.54) is 6.08 Å². The zero-order valence-electron chi connectivity index (χ0n) is 12.4. The lowest BCUT2D eigenvalue weighted by Gasteiger charge is -2.28. The van der Waals surface area contributed by atoms with E-state index in [0.29, 0.717) is 5.69 Å². The van der Waals surface area contributed by atoms with E-state index in [1.54, 1.807) is 30.3 Å². The first-order valence-electron chi connectivity index (χ1n) is 7.12. The van der Waals surface area contributed by atoms with Crippen molar-refractivity contribution in [3.05, 3.63) is 77.2 Å². The van der Waals surface area contributed by atoms with Gasteiger partial charge in [0.2, 0.25) is 0 Å². The fraction of sp³-hybridized carbons (Fsp3) is 0.118. The maximum atomic E-state index is 14.0. The largest absolute Gasteiger partial charge is 0.300 e. The van der Waals surface area contributed by atoms with E-state index >= 15 is 0 Å². The van der Waals surface area contributed by atoms with E-state index in [4.69, 9.17) is 0 Å². The molecule has 0 aromatic heterocycles. The summed E-state index contributed by atoms with van der Waals surface area (Å²) < 4.78 is 51.4. The van der Waals surface area contributed by atoms with Crippen LogP contribution in [0, 0.1) is 11.6 Å². The number of nitrogens with zero attached hydrogens (tertiary/aromatic N) is 1. The fourth-order valence-corrected chi connectivity index (χ4v) is 3.86. The molecule has 1 heterocycles. The maximum absolute atomic E-state index is 14.0. The number of carbonyl (C=O) groups excluding carboxylic acids is 1. The second-order valence-corrected chi connectivity index (χ2v) is 7.26. The van der Waals surface area contributed by atoms with E-state index in [9.17, 15) is 22.0 Å². The maximum Gasteiger partial charge on any atom is 0.264 e. The number of halogens is 2. The molecule has 1 aliphatic heterocycles. The second-order valence-electron chi connectivity index (χ2n) is 5.33. The van der Waals surface area contributed by atoms with E-state index in [1.807, 2.05) is 0 Å². The van der Waals surface area contributed by atoms with Gasteiger partial charge in [0.25, 0.3) is 5.91 Å². The van der Waals surface area contributed by atoms with Crippen LogP contribution < -0.4 is 4.90 Å². The van der Waals surface area contributed by atoms with Gasteiger partial charge in [-0.15, -0.1) is 0 Å². The zero-order valence-corrected chi connectivity index (χ0v) is 13.2. The van der Waals surface area contributed by atoms with Crippen molar-refractivity contribution in [3.63, 3.8) is 0 Å². The quantitative estimate of drug-likeness (QED) is 0.856. The molecular weight excluding hydrogens is 336 g/mol. The molecule has 0 spiro atoms. The number of para-hydroxylation sites is 1. The molecule has 0 N–H and O–H groups in total. The van der Waals surface area contributed by atoms with Gasteiger partial charge in [-0.3, -0.25) is 4.79 Å². The molecule has 2 aromatic carbocycles. The van der Waals surface area contributed by atoms with Gasteiger partial charge in [-0.05, 0) is 30.3 Å². The van der Waals surface area contributed by atoms with Crippen molar-refractivity contribution >= 4 is 21.4 Å². The van der Waals surface area contributed by atoms with Crippen LogP contribution in [0.25, 0.3) is 0 Å². The molecule has 1 amide bonds. The van der Waals surface area contributed by atoms with Crippen molar-refractivity contribution in [1.29, 1.82) is 0 Å². The van der Waals surface area contributed by atoms with Gasteiger partial charge in [-0.2, -0.15) is 0 Å². The van der Waals surface area contributed by atoms with Crippen molar-refractivity contribution in [2.45, 2.75) is 6.04 Å². The average molecular weight is 349 g/mol. The van der Waals surface area contributed by atoms with Crippen LogP contribution in [-0.4, -0.2) is 26.1 Å². The monoisotopic (exact) mass is 349 g/mol. The molecule has 0 unspecified atom stereocenters. The summed E-state index contributed by atoms with van der Waals surface area (Å²) in [7, 11) is -3.45. The standard InChI is InChI=1S/C17H13F2NO3S/c18-14-7-4-8-15(19)16(14)17(21)20(12-5-2-1-3-6-12)13-9-10-24(22,23)11-13/h1-10,13H,11H2/t13-/m1/s1. The highest BCUT2D eigenvalue weighted by molar-refractivity contribution is 7.94. The lowest BCUT2D eigenvalue weighted by molar-refractivity contribution is 0.0975. The number of hydrogen-bond acceptors (Lipinski definition) is 3. The lowest BCUT2D eigenvalue weighted by Crippen LogP contribution is -2.42. The minimum atomic E-state index is -3.45. The van der Waals surface area contributed by atoms with Crippen molar-refractivity contribution in [3.8, 4) is 0 Å². The first kappa shape index (κ1) is 16.3. The van der Waals surface area contributed by atoms with Crippen LogP contribution in [0.15, 0.2) is 60.0 Å². The Kier molecular flexibility index (Phi) is 4.19. The van der Waals surface area contributed by atoms with Gasteiger partial charge < -0.3 is 4.90 Å². The zero-order chi connectivity index (χ0) is 17.3. The number of amides is 1. The topological polar surface area (TPSA) is 54.5 Å². The average Bonchev–Trinajstić information content (AvgIpc) is 2.88. The molecule has 0 fully saturated rings. The summed E-state index contributed by atoms with van der Waals surface area (Å²) in [4.78, 5) is 13.9. The van der Waals surface area contributed by atoms with Gasteiger partial charge >= 0.3 is 0 Å². The molecule has 1 atom stereocenters. The summed E-state index contributed by atoms with van der Waals surface area (Å²) in [6.45, 7) is 0. The van der Waals surface area contributed by atoms with Gasteiger partial charge in [0.1, 0.15) is 17.2 Å². The molecular formula is C17H13F2NO3S. The lowest BCUT2D eigenvalue weighted by atomic mass is 10.1. The molecule has 124 valence electrons. The number of sulfone groups is 1. The predicted molar refractivity (Wildman–Crippen MR) is 86.3 cm³/mol. The van der Waals surface area contributed by atoms with Crippen LogP contribution in [0.3, 0.4) is 0 Å². The number of anilines is 1. The molecule has 0 aliphatic carbocycles. The Morgan fingerprint density at radius 2 is 1.62 bits per heavy atom. The number of benzene rings is 2. The highest BCUT2D eigenvalue weighted by Gasteiger charge is 2.34. The Balaban J connectivity index is 2.09. The van der Waals surface area contributed by atoms with Gasteiger partial charge in [0.05, 0.1) is 11.8 Å². The number of rotatable bonds is 3. The SMILES string of the molecule is O=C(c1c(F)cccc1F)N(c1ccccc1)[C@@H]1C=CS(=O)(=O)C1. The predicted octanol–water partition coefficient (Wildman–Crippen LogP) is 2.92. The van der Waals surface area contributed by atoms with Gasteiger partial charge in [-0.25, -0.2) is 17.2 Å². The van der Waals surface area contributed by atoms with Crippen LogP contribution in [-0.2, 0) is 9.84 Å². The molecule has 0 bridgehead atoms. The third-order valence-electron chi connectivity index (χ3n) is 3.67.